The van der Waals surface area contributed by atoms with Gasteiger partial charge in [0.25, 0.3) is 0 Å². The molecule has 0 bridgehead atoms. The molecule has 1 aliphatic heterocycles. The minimum Gasteiger partial charge on any atom is -0.483 e. The monoisotopic (exact) mass is 450 g/mol. The van der Waals surface area contributed by atoms with Gasteiger partial charge in [-0.3, -0.25) is 4.79 Å². The van der Waals surface area contributed by atoms with Crippen LogP contribution in [0.4, 0.5) is 0 Å². The van der Waals surface area contributed by atoms with E-state index in [1.807, 2.05) is 30.3 Å². The fourth-order valence-corrected chi connectivity index (χ4v) is 3.04. The van der Waals surface area contributed by atoms with Crippen molar-refractivity contribution in [1.82, 2.24) is 0 Å². The third-order valence-corrected chi connectivity index (χ3v) is 4.75. The molecule has 1 atom stereocenters. The Morgan fingerprint density at radius 3 is 2.50 bits per heavy atom. The minimum absolute atomic E-state index is 0.0559. The average molecular weight is 452 g/mol. The summed E-state index contributed by atoms with van der Waals surface area (Å²) in [4.78, 5) is 12.9. The molecule has 0 N–H and O–H groups in total. The van der Waals surface area contributed by atoms with Gasteiger partial charge in [-0.25, -0.2) is 0 Å². The fraction of sp³-hybridized carbons (Fsp3) is 0.167. The molecule has 0 aliphatic carbocycles. The zero-order valence-electron chi connectivity index (χ0n) is 12.4. The van der Waals surface area contributed by atoms with Crippen molar-refractivity contribution in [2.24, 2.45) is 0 Å². The normalized spacial score (nSPS) is 16.3. The lowest BCUT2D eigenvalue weighted by Gasteiger charge is -2.11. The fourth-order valence-electron chi connectivity index (χ4n) is 2.41. The molecule has 1 aromatic heterocycles. The quantitative estimate of drug-likeness (QED) is 0.536. The molecule has 0 radical (unpaired) electrons. The molecule has 0 saturated carbocycles. The highest BCUT2D eigenvalue weighted by Gasteiger charge is 2.26. The van der Waals surface area contributed by atoms with Crippen LogP contribution in [0.25, 0.3) is 22.3 Å². The second-order valence-corrected chi connectivity index (χ2v) is 7.33. The summed E-state index contributed by atoms with van der Waals surface area (Å²) in [5, 5.41) is 0.483. The number of hydrogen-bond acceptors (Lipinski definition) is 4. The van der Waals surface area contributed by atoms with Crippen molar-refractivity contribution >= 4 is 42.8 Å². The van der Waals surface area contributed by atoms with E-state index in [9.17, 15) is 4.79 Å². The van der Waals surface area contributed by atoms with E-state index in [1.165, 1.54) is 0 Å². The van der Waals surface area contributed by atoms with E-state index < -0.39 is 0 Å². The van der Waals surface area contributed by atoms with Gasteiger partial charge in [-0.2, -0.15) is 0 Å². The van der Waals surface area contributed by atoms with Crippen molar-refractivity contribution in [3.63, 3.8) is 0 Å². The summed E-state index contributed by atoms with van der Waals surface area (Å²) in [6.45, 7) is 1.01. The topological polar surface area (TPSA) is 52.0 Å². The number of epoxide rings is 1. The summed E-state index contributed by atoms with van der Waals surface area (Å²) >= 11 is 6.80. The van der Waals surface area contributed by atoms with Gasteiger partial charge in [0.05, 0.1) is 12.0 Å². The van der Waals surface area contributed by atoms with Crippen LogP contribution < -0.4 is 10.2 Å². The van der Waals surface area contributed by atoms with E-state index in [2.05, 4.69) is 31.9 Å². The SMILES string of the molecule is O=c1c(OCC2CO2)c(-c2ccc(Br)cc2)oc2ccc(Br)cc12. The van der Waals surface area contributed by atoms with Gasteiger partial charge in [0.2, 0.25) is 11.2 Å². The lowest BCUT2D eigenvalue weighted by atomic mass is 10.1. The summed E-state index contributed by atoms with van der Waals surface area (Å²) < 4.78 is 18.7. The summed E-state index contributed by atoms with van der Waals surface area (Å²) in [6, 6.07) is 12.9. The highest BCUT2D eigenvalue weighted by molar-refractivity contribution is 9.10. The second kappa shape index (κ2) is 6.35. The van der Waals surface area contributed by atoms with Crippen LogP contribution in [0.2, 0.25) is 0 Å². The van der Waals surface area contributed by atoms with Crippen molar-refractivity contribution < 1.29 is 13.9 Å². The van der Waals surface area contributed by atoms with Crippen LogP contribution in [0.1, 0.15) is 0 Å². The van der Waals surface area contributed by atoms with Gasteiger partial charge in [-0.1, -0.05) is 31.9 Å². The first-order valence-corrected chi connectivity index (χ1v) is 8.97. The maximum Gasteiger partial charge on any atom is 0.235 e. The van der Waals surface area contributed by atoms with Crippen LogP contribution in [0.5, 0.6) is 5.75 Å². The highest BCUT2D eigenvalue weighted by Crippen LogP contribution is 2.32. The first kappa shape index (κ1) is 15.9. The Morgan fingerprint density at radius 1 is 1.08 bits per heavy atom. The van der Waals surface area contributed by atoms with E-state index in [1.54, 1.807) is 12.1 Å². The summed E-state index contributed by atoms with van der Waals surface area (Å²) in [5.41, 5.74) is 1.12. The van der Waals surface area contributed by atoms with Crippen LogP contribution in [0.3, 0.4) is 0 Å². The number of rotatable bonds is 4. The van der Waals surface area contributed by atoms with Gasteiger partial charge in [-0.05, 0) is 42.5 Å². The first-order chi connectivity index (χ1) is 11.6. The maximum absolute atomic E-state index is 12.9. The third-order valence-electron chi connectivity index (χ3n) is 3.73. The van der Waals surface area contributed by atoms with Crippen molar-refractivity contribution in [2.45, 2.75) is 6.10 Å². The van der Waals surface area contributed by atoms with Crippen molar-refractivity contribution in [3.05, 3.63) is 61.6 Å². The van der Waals surface area contributed by atoms with Crippen LogP contribution in [-0.4, -0.2) is 19.3 Å². The first-order valence-electron chi connectivity index (χ1n) is 7.38. The Balaban J connectivity index is 1.91. The molecule has 6 heteroatoms. The lowest BCUT2D eigenvalue weighted by Crippen LogP contribution is -2.13. The summed E-state index contributed by atoms with van der Waals surface area (Å²) in [5.74, 6) is 0.654. The molecule has 4 rings (SSSR count). The van der Waals surface area contributed by atoms with E-state index in [4.69, 9.17) is 13.9 Å². The minimum atomic E-state index is -0.184. The van der Waals surface area contributed by atoms with Crippen LogP contribution >= 0.6 is 31.9 Å². The zero-order valence-corrected chi connectivity index (χ0v) is 15.6. The summed E-state index contributed by atoms with van der Waals surface area (Å²) in [6.07, 6.45) is 0.0559. The molecule has 24 heavy (non-hydrogen) atoms. The molecule has 1 aliphatic rings. The lowest BCUT2D eigenvalue weighted by molar-refractivity contribution is 0.258. The summed E-state index contributed by atoms with van der Waals surface area (Å²) in [7, 11) is 0. The Bertz CT molecular complexity index is 959. The molecule has 2 heterocycles. The molecule has 1 fully saturated rings. The smallest absolute Gasteiger partial charge is 0.235 e. The van der Waals surface area contributed by atoms with Crippen molar-refractivity contribution in [3.8, 4) is 17.1 Å². The Morgan fingerprint density at radius 2 is 1.79 bits per heavy atom. The molecule has 1 unspecified atom stereocenters. The molecule has 122 valence electrons. The van der Waals surface area contributed by atoms with E-state index in [-0.39, 0.29) is 17.3 Å². The van der Waals surface area contributed by atoms with E-state index >= 15 is 0 Å². The second-order valence-electron chi connectivity index (χ2n) is 5.50. The third kappa shape index (κ3) is 3.14. The molecule has 4 nitrogen and oxygen atoms in total. The Kier molecular flexibility index (Phi) is 4.20. The van der Waals surface area contributed by atoms with Crippen molar-refractivity contribution in [1.29, 1.82) is 0 Å². The largest absolute Gasteiger partial charge is 0.483 e. The van der Waals surface area contributed by atoms with Gasteiger partial charge in [0.1, 0.15) is 18.3 Å². The zero-order chi connectivity index (χ0) is 16.7. The van der Waals surface area contributed by atoms with Crippen LogP contribution in [-0.2, 0) is 4.74 Å². The van der Waals surface area contributed by atoms with E-state index in [0.29, 0.717) is 29.9 Å². The molecule has 2 aromatic carbocycles. The van der Waals surface area contributed by atoms with Gasteiger partial charge in [0, 0.05) is 14.5 Å². The Labute approximate surface area is 154 Å². The number of halogens is 2. The number of hydrogen-bond donors (Lipinski definition) is 0. The predicted octanol–water partition coefficient (Wildman–Crippen LogP) is 4.76. The average Bonchev–Trinajstić information content (AvgIpc) is 3.39. The number of fused-ring (bicyclic) bond motifs is 1. The van der Waals surface area contributed by atoms with Gasteiger partial charge >= 0.3 is 0 Å². The van der Waals surface area contributed by atoms with Crippen molar-refractivity contribution in [2.75, 3.05) is 13.2 Å². The van der Waals surface area contributed by atoms with Gasteiger partial charge in [-0.15, -0.1) is 0 Å². The highest BCUT2D eigenvalue weighted by atomic mass is 79.9. The molecule has 1 saturated heterocycles. The molecular weight excluding hydrogens is 440 g/mol. The van der Waals surface area contributed by atoms with Crippen LogP contribution in [0.15, 0.2) is 60.6 Å². The van der Waals surface area contributed by atoms with Crippen LogP contribution in [0, 0.1) is 0 Å². The molecule has 0 amide bonds. The molecular formula is C18H12Br2O4. The number of ether oxygens (including phenoxy) is 2. The van der Waals surface area contributed by atoms with Gasteiger partial charge in [0.15, 0.2) is 5.76 Å². The van der Waals surface area contributed by atoms with Gasteiger partial charge < -0.3 is 13.9 Å². The Hall–Kier alpha value is -1.63. The molecule has 3 aromatic rings. The molecule has 0 spiro atoms. The number of benzene rings is 2. The predicted molar refractivity (Wildman–Crippen MR) is 98.6 cm³/mol. The maximum atomic E-state index is 12.9. The standard InChI is InChI=1S/C18H12Br2O4/c19-11-3-1-10(2-4-11)17-18(23-9-13-8-22-13)16(21)14-7-12(20)5-6-15(14)24-17/h1-7,13H,8-9H2. The van der Waals surface area contributed by atoms with E-state index in [0.717, 1.165) is 14.5 Å².